The maximum Gasteiger partial charge on any atom is 0.148 e. The van der Waals surface area contributed by atoms with Gasteiger partial charge in [-0.15, -0.1) is 29.3 Å². The molecule has 5 heteroatoms. The smallest absolute Gasteiger partial charge is 0.148 e. The van der Waals surface area contributed by atoms with Gasteiger partial charge in [-0.3, -0.25) is 9.55 Å². The van der Waals surface area contributed by atoms with Gasteiger partial charge in [0.1, 0.15) is 11.6 Å². The number of para-hydroxylation sites is 1. The summed E-state index contributed by atoms with van der Waals surface area (Å²) in [5.41, 5.74) is 18.1. The number of rotatable bonds is 9. The summed E-state index contributed by atoms with van der Waals surface area (Å²) in [7, 11) is 0. The molecule has 7 aromatic carbocycles. The van der Waals surface area contributed by atoms with Gasteiger partial charge in [0.25, 0.3) is 0 Å². The number of phenolic OH excluding ortho intramolecular Hbond substituents is 1. The molecule has 0 atom stereocenters. The zero-order chi connectivity index (χ0) is 44.0. The second-order valence-electron chi connectivity index (χ2n) is 18.6. The molecule has 0 bridgehead atoms. The van der Waals surface area contributed by atoms with E-state index in [1.165, 1.54) is 22.3 Å². The number of imidazole rings is 1. The fraction of sp³-hybridized carbons (Fsp3) is 0.186. The molecule has 1 N–H and O–H groups in total. The van der Waals surface area contributed by atoms with E-state index in [-0.39, 0.29) is 37.6 Å². The number of hydrogen-bond acceptors (Lipinski definition) is 3. The first-order valence-corrected chi connectivity index (χ1v) is 22.0. The van der Waals surface area contributed by atoms with Gasteiger partial charge in [-0.2, -0.15) is 0 Å². The number of pyridine rings is 1. The Bertz CT molecular complexity index is 3120. The molecule has 0 saturated heterocycles. The molecule has 9 aromatic rings. The summed E-state index contributed by atoms with van der Waals surface area (Å²) in [4.78, 5) is 10.5. The topological polar surface area (TPSA) is 50.9 Å². The van der Waals surface area contributed by atoms with Crippen molar-refractivity contribution < 1.29 is 26.2 Å². The van der Waals surface area contributed by atoms with E-state index in [1.807, 2.05) is 25.3 Å². The van der Waals surface area contributed by atoms with Gasteiger partial charge in [-0.1, -0.05) is 168 Å². The van der Waals surface area contributed by atoms with Crippen LogP contribution >= 0.6 is 0 Å². The van der Waals surface area contributed by atoms with Gasteiger partial charge in [0.05, 0.1) is 22.3 Å². The summed E-state index contributed by atoms with van der Waals surface area (Å²) < 4.78 is 2.25. The number of aromatic hydroxyl groups is 1. The molecule has 0 aliphatic heterocycles. The number of phenols is 1. The molecular formula is C59H54N3OPt-. The Kier molecular flexibility index (Phi) is 12.2. The van der Waals surface area contributed by atoms with E-state index in [4.69, 9.17) is 9.97 Å². The first-order valence-electron chi connectivity index (χ1n) is 22.0. The van der Waals surface area contributed by atoms with Crippen molar-refractivity contribution in [2.75, 3.05) is 0 Å². The van der Waals surface area contributed by atoms with Gasteiger partial charge in [0, 0.05) is 38.5 Å². The van der Waals surface area contributed by atoms with Crippen LogP contribution in [0, 0.1) is 19.9 Å². The van der Waals surface area contributed by atoms with E-state index >= 15 is 0 Å². The summed E-state index contributed by atoms with van der Waals surface area (Å²) in [5, 5.41) is 11.8. The van der Waals surface area contributed by atoms with Gasteiger partial charge in [-0.05, 0) is 106 Å². The van der Waals surface area contributed by atoms with Gasteiger partial charge in [0.2, 0.25) is 0 Å². The second-order valence-corrected chi connectivity index (χ2v) is 18.6. The van der Waals surface area contributed by atoms with Crippen molar-refractivity contribution in [3.63, 3.8) is 0 Å². The molecule has 0 amide bonds. The SMILES string of the molecule is CCC(C)(C)c1ccc(-n2c(-c3cc(C)cc(C)c3O)nc3c(-c4[c-]c(-c5cc(-c6ccc(-c7ccccc7)cc6)ccn5)cc(C(C)(C)C)c4)cccc32)c(-c2ccccc2)c1.[Pt]. The zero-order valence-corrected chi connectivity index (χ0v) is 40.2. The Morgan fingerprint density at radius 2 is 1.22 bits per heavy atom. The predicted molar refractivity (Wildman–Crippen MR) is 263 cm³/mol. The third-order valence-corrected chi connectivity index (χ3v) is 12.7. The van der Waals surface area contributed by atoms with E-state index in [1.54, 1.807) is 0 Å². The summed E-state index contributed by atoms with van der Waals surface area (Å²) >= 11 is 0. The molecule has 0 spiro atoms. The third-order valence-electron chi connectivity index (χ3n) is 12.7. The van der Waals surface area contributed by atoms with Crippen molar-refractivity contribution in [2.45, 2.75) is 72.6 Å². The van der Waals surface area contributed by atoms with Gasteiger partial charge < -0.3 is 5.11 Å². The zero-order valence-electron chi connectivity index (χ0n) is 37.9. The van der Waals surface area contributed by atoms with E-state index in [2.05, 4.69) is 205 Å². The van der Waals surface area contributed by atoms with E-state index in [0.29, 0.717) is 11.4 Å². The first-order chi connectivity index (χ1) is 30.3. The van der Waals surface area contributed by atoms with Crippen LogP contribution in [0.1, 0.15) is 70.2 Å². The van der Waals surface area contributed by atoms with Crippen molar-refractivity contribution in [3.05, 3.63) is 192 Å². The Balaban J connectivity index is 0.00000560. The largest absolute Gasteiger partial charge is 0.507 e. The predicted octanol–water partition coefficient (Wildman–Crippen LogP) is 15.5. The molecule has 2 heterocycles. The number of benzene rings is 7. The van der Waals surface area contributed by atoms with Crippen molar-refractivity contribution in [1.82, 2.24) is 14.5 Å². The molecule has 4 nitrogen and oxygen atoms in total. The van der Waals surface area contributed by atoms with Crippen LogP contribution in [0.5, 0.6) is 5.75 Å². The average Bonchev–Trinajstić information content (AvgIpc) is 3.69. The van der Waals surface area contributed by atoms with Crippen LogP contribution in [-0.4, -0.2) is 19.6 Å². The number of aromatic nitrogens is 3. The fourth-order valence-corrected chi connectivity index (χ4v) is 8.61. The van der Waals surface area contributed by atoms with Crippen molar-refractivity contribution in [2.24, 2.45) is 0 Å². The van der Waals surface area contributed by atoms with Crippen LogP contribution in [0.3, 0.4) is 0 Å². The molecule has 9 rings (SSSR count). The van der Waals surface area contributed by atoms with Crippen LogP contribution in [-0.2, 0) is 31.9 Å². The molecular weight excluding hydrogens is 962 g/mol. The minimum atomic E-state index is -0.161. The minimum absolute atomic E-state index is 0. The Morgan fingerprint density at radius 1 is 0.578 bits per heavy atom. The van der Waals surface area contributed by atoms with E-state index < -0.39 is 0 Å². The summed E-state index contributed by atoms with van der Waals surface area (Å²) in [6, 6.07) is 59.7. The van der Waals surface area contributed by atoms with E-state index in [9.17, 15) is 5.11 Å². The molecule has 64 heavy (non-hydrogen) atoms. The number of fused-ring (bicyclic) bond motifs is 1. The van der Waals surface area contributed by atoms with Crippen LogP contribution in [0.4, 0.5) is 0 Å². The second kappa shape index (κ2) is 17.7. The maximum atomic E-state index is 11.8. The fourth-order valence-electron chi connectivity index (χ4n) is 8.61. The molecule has 0 fully saturated rings. The minimum Gasteiger partial charge on any atom is -0.507 e. The molecule has 0 radical (unpaired) electrons. The molecule has 0 aliphatic rings. The Labute approximate surface area is 393 Å². The number of hydrogen-bond donors (Lipinski definition) is 1. The Morgan fingerprint density at radius 3 is 1.89 bits per heavy atom. The number of nitrogens with zero attached hydrogens (tertiary/aromatic N) is 3. The maximum absolute atomic E-state index is 11.8. The molecule has 2 aromatic heterocycles. The summed E-state index contributed by atoms with van der Waals surface area (Å²) in [6.45, 7) is 17.6. The quantitative estimate of drug-likeness (QED) is 0.147. The van der Waals surface area contributed by atoms with Crippen LogP contribution in [0.25, 0.3) is 83.9 Å². The monoisotopic (exact) mass is 1020 g/mol. The van der Waals surface area contributed by atoms with Gasteiger partial charge >= 0.3 is 0 Å². The van der Waals surface area contributed by atoms with E-state index in [0.717, 1.165) is 78.9 Å². The molecule has 322 valence electrons. The van der Waals surface area contributed by atoms with Crippen LogP contribution in [0.15, 0.2) is 164 Å². The van der Waals surface area contributed by atoms with Crippen LogP contribution < -0.4 is 0 Å². The standard InChI is InChI=1S/C59H54N3O.Pt/c1-9-59(7,8)47-27-28-53(50(37-47)43-19-14-11-15-20-43)62-54-22-16-21-49(55(54)61-57(62)51-32-38(2)31-39(3)56(51)63)45-33-46(35-48(34-45)58(4,5)6)52-36-44(29-30-60-52)42-25-23-41(24-26-42)40-17-12-10-13-18-40;/h10-32,34-37,63H,9H2,1-8H3;/q-1;. The summed E-state index contributed by atoms with van der Waals surface area (Å²) in [5.74, 6) is 0.911. The van der Waals surface area contributed by atoms with Gasteiger partial charge in [-0.25, -0.2) is 4.98 Å². The first kappa shape index (κ1) is 44.3. The van der Waals surface area contributed by atoms with Gasteiger partial charge in [0.15, 0.2) is 0 Å². The summed E-state index contributed by atoms with van der Waals surface area (Å²) in [6.07, 6.45) is 2.91. The molecule has 0 saturated carbocycles. The third kappa shape index (κ3) is 8.52. The van der Waals surface area contributed by atoms with Crippen molar-refractivity contribution in [3.8, 4) is 78.6 Å². The molecule has 0 unspecified atom stereocenters. The number of aryl methyl sites for hydroxylation is 2. The van der Waals surface area contributed by atoms with Crippen molar-refractivity contribution >= 4 is 11.0 Å². The Hall–Kier alpha value is -6.35. The average molecular weight is 1020 g/mol. The van der Waals surface area contributed by atoms with Crippen molar-refractivity contribution in [1.29, 1.82) is 0 Å². The van der Waals surface area contributed by atoms with Crippen LogP contribution in [0.2, 0.25) is 0 Å². The normalized spacial score (nSPS) is 11.8. The molecule has 0 aliphatic carbocycles.